The number of fused-ring (bicyclic) bond motifs is 1. The van der Waals surface area contributed by atoms with Crippen LogP contribution in [0.5, 0.6) is 0 Å². The maximum atomic E-state index is 4.76. The van der Waals surface area contributed by atoms with Crippen LogP contribution < -0.4 is 0 Å². The Labute approximate surface area is 128 Å². The fourth-order valence-electron chi connectivity index (χ4n) is 2.16. The lowest BCUT2D eigenvalue weighted by Gasteiger charge is -1.99. The average Bonchev–Trinajstić information content (AvgIpc) is 3.04. The van der Waals surface area contributed by atoms with Gasteiger partial charge in [-0.25, -0.2) is 4.98 Å². The van der Waals surface area contributed by atoms with Gasteiger partial charge in [-0.05, 0) is 35.7 Å². The normalized spacial score (nSPS) is 11.9. The fraction of sp³-hybridized carbons (Fsp3) is 0.353. The molecule has 0 aliphatic rings. The van der Waals surface area contributed by atoms with Gasteiger partial charge in [-0.15, -0.1) is 22.7 Å². The number of nitrogens with zero attached hydrogens (tertiary/aromatic N) is 1. The fourth-order valence-corrected chi connectivity index (χ4v) is 4.12. The lowest BCUT2D eigenvalue weighted by molar-refractivity contribution is 0.857. The standard InChI is InChI=1S/C17H19NS2/c1-10(2)14-7-8-15(19-14)12-5-6-16-13(9-12)18-17(20-16)11(3)4/h5-11H,1-4H3. The van der Waals surface area contributed by atoms with Crippen molar-refractivity contribution in [2.24, 2.45) is 0 Å². The molecule has 0 bridgehead atoms. The molecule has 0 saturated heterocycles. The number of thiophene rings is 1. The molecule has 104 valence electrons. The van der Waals surface area contributed by atoms with Crippen molar-refractivity contribution in [2.75, 3.05) is 0 Å². The molecular formula is C17H19NS2. The lowest BCUT2D eigenvalue weighted by Crippen LogP contribution is -1.83. The molecule has 0 atom stereocenters. The van der Waals surface area contributed by atoms with Gasteiger partial charge >= 0.3 is 0 Å². The van der Waals surface area contributed by atoms with Crippen LogP contribution in [-0.2, 0) is 0 Å². The van der Waals surface area contributed by atoms with Crippen molar-refractivity contribution in [2.45, 2.75) is 39.5 Å². The van der Waals surface area contributed by atoms with Crippen molar-refractivity contribution in [1.82, 2.24) is 4.98 Å². The summed E-state index contributed by atoms with van der Waals surface area (Å²) in [7, 11) is 0. The second-order valence-corrected chi connectivity index (χ2v) is 7.92. The van der Waals surface area contributed by atoms with Gasteiger partial charge in [0.2, 0.25) is 0 Å². The van der Waals surface area contributed by atoms with Crippen LogP contribution in [-0.4, -0.2) is 4.98 Å². The Bertz CT molecular complexity index is 734. The first-order chi connectivity index (χ1) is 9.54. The molecule has 3 aromatic rings. The monoisotopic (exact) mass is 301 g/mol. The summed E-state index contributed by atoms with van der Waals surface area (Å²) in [5.41, 5.74) is 2.42. The van der Waals surface area contributed by atoms with Crippen LogP contribution in [0.3, 0.4) is 0 Å². The van der Waals surface area contributed by atoms with Crippen LogP contribution >= 0.6 is 22.7 Å². The molecular weight excluding hydrogens is 282 g/mol. The molecule has 1 nitrogen and oxygen atoms in total. The third kappa shape index (κ3) is 2.52. The zero-order valence-corrected chi connectivity index (χ0v) is 13.9. The van der Waals surface area contributed by atoms with E-state index in [1.54, 1.807) is 0 Å². The SMILES string of the molecule is CC(C)c1ccc(-c2ccc3sc(C(C)C)nc3c2)s1. The molecule has 0 saturated carbocycles. The summed E-state index contributed by atoms with van der Waals surface area (Å²) in [6.07, 6.45) is 0. The van der Waals surface area contributed by atoms with E-state index in [4.69, 9.17) is 4.98 Å². The Balaban J connectivity index is 2.03. The quantitative estimate of drug-likeness (QED) is 0.555. The van der Waals surface area contributed by atoms with Gasteiger partial charge in [0.25, 0.3) is 0 Å². The summed E-state index contributed by atoms with van der Waals surface area (Å²) in [4.78, 5) is 7.55. The minimum absolute atomic E-state index is 0.505. The summed E-state index contributed by atoms with van der Waals surface area (Å²) >= 11 is 3.70. The molecule has 2 aromatic heterocycles. The zero-order chi connectivity index (χ0) is 14.3. The van der Waals surface area contributed by atoms with Crippen molar-refractivity contribution in [3.8, 4) is 10.4 Å². The molecule has 0 fully saturated rings. The van der Waals surface area contributed by atoms with Crippen LogP contribution in [0.2, 0.25) is 0 Å². The Morgan fingerprint density at radius 1 is 0.900 bits per heavy atom. The van der Waals surface area contributed by atoms with Gasteiger partial charge in [0, 0.05) is 15.7 Å². The molecule has 2 heterocycles. The summed E-state index contributed by atoms with van der Waals surface area (Å²) in [5.74, 6) is 1.11. The summed E-state index contributed by atoms with van der Waals surface area (Å²) in [6, 6.07) is 11.1. The molecule has 0 aliphatic heterocycles. The largest absolute Gasteiger partial charge is 0.241 e. The van der Waals surface area contributed by atoms with Crippen LogP contribution in [0, 0.1) is 0 Å². The minimum atomic E-state index is 0.505. The van der Waals surface area contributed by atoms with E-state index in [9.17, 15) is 0 Å². The zero-order valence-electron chi connectivity index (χ0n) is 12.3. The highest BCUT2D eigenvalue weighted by Crippen LogP contribution is 2.35. The third-order valence-electron chi connectivity index (χ3n) is 3.38. The summed E-state index contributed by atoms with van der Waals surface area (Å²) < 4.78 is 1.29. The first kappa shape index (κ1) is 13.8. The predicted octanol–water partition coefficient (Wildman–Crippen LogP) is 6.27. The summed E-state index contributed by atoms with van der Waals surface area (Å²) in [6.45, 7) is 8.89. The average molecular weight is 301 g/mol. The minimum Gasteiger partial charge on any atom is -0.241 e. The molecule has 3 heteroatoms. The van der Waals surface area contributed by atoms with E-state index < -0.39 is 0 Å². The van der Waals surface area contributed by atoms with E-state index in [0.29, 0.717) is 11.8 Å². The van der Waals surface area contributed by atoms with Crippen molar-refractivity contribution in [3.63, 3.8) is 0 Å². The Hall–Kier alpha value is -1.19. The van der Waals surface area contributed by atoms with E-state index >= 15 is 0 Å². The molecule has 0 amide bonds. The van der Waals surface area contributed by atoms with E-state index in [-0.39, 0.29) is 0 Å². The first-order valence-electron chi connectivity index (χ1n) is 7.05. The lowest BCUT2D eigenvalue weighted by atomic mass is 10.1. The van der Waals surface area contributed by atoms with Gasteiger partial charge < -0.3 is 0 Å². The Morgan fingerprint density at radius 3 is 2.35 bits per heavy atom. The molecule has 0 unspecified atom stereocenters. The van der Waals surface area contributed by atoms with Crippen LogP contribution in [0.25, 0.3) is 20.7 Å². The highest BCUT2D eigenvalue weighted by Gasteiger charge is 2.10. The van der Waals surface area contributed by atoms with Crippen LogP contribution in [0.1, 0.15) is 49.4 Å². The molecule has 0 N–H and O–H groups in total. The summed E-state index contributed by atoms with van der Waals surface area (Å²) in [5, 5.41) is 1.23. The van der Waals surface area contributed by atoms with Crippen molar-refractivity contribution in [1.29, 1.82) is 0 Å². The highest BCUT2D eigenvalue weighted by atomic mass is 32.1. The van der Waals surface area contributed by atoms with Gasteiger partial charge in [-0.1, -0.05) is 33.8 Å². The van der Waals surface area contributed by atoms with Crippen molar-refractivity contribution < 1.29 is 0 Å². The first-order valence-corrected chi connectivity index (χ1v) is 8.68. The van der Waals surface area contributed by atoms with Crippen molar-refractivity contribution in [3.05, 3.63) is 40.2 Å². The van der Waals surface area contributed by atoms with E-state index in [2.05, 4.69) is 58.0 Å². The van der Waals surface area contributed by atoms with Crippen molar-refractivity contribution >= 4 is 32.9 Å². The van der Waals surface area contributed by atoms with Crippen LogP contribution in [0.4, 0.5) is 0 Å². The Morgan fingerprint density at radius 2 is 1.70 bits per heavy atom. The van der Waals surface area contributed by atoms with Gasteiger partial charge in [0.1, 0.15) is 0 Å². The van der Waals surface area contributed by atoms with Crippen LogP contribution in [0.15, 0.2) is 30.3 Å². The number of benzene rings is 1. The third-order valence-corrected chi connectivity index (χ3v) is 6.15. The molecule has 0 spiro atoms. The second kappa shape index (κ2) is 5.30. The number of rotatable bonds is 3. The van der Waals surface area contributed by atoms with Gasteiger partial charge in [-0.2, -0.15) is 0 Å². The molecule has 0 radical (unpaired) electrons. The maximum absolute atomic E-state index is 4.76. The number of aromatic nitrogens is 1. The second-order valence-electron chi connectivity index (χ2n) is 5.75. The van der Waals surface area contributed by atoms with Gasteiger partial charge in [0.05, 0.1) is 15.2 Å². The highest BCUT2D eigenvalue weighted by molar-refractivity contribution is 7.18. The number of thiazole rings is 1. The molecule has 3 rings (SSSR count). The van der Waals surface area contributed by atoms with Gasteiger partial charge in [-0.3, -0.25) is 0 Å². The Kier molecular flexibility index (Phi) is 3.65. The van der Waals surface area contributed by atoms with Gasteiger partial charge in [0.15, 0.2) is 0 Å². The molecule has 0 aliphatic carbocycles. The molecule has 1 aromatic carbocycles. The topological polar surface area (TPSA) is 12.9 Å². The smallest absolute Gasteiger partial charge is 0.0963 e. The number of hydrogen-bond acceptors (Lipinski definition) is 3. The number of hydrogen-bond donors (Lipinski definition) is 0. The van der Waals surface area contributed by atoms with E-state index in [1.807, 2.05) is 22.7 Å². The van der Waals surface area contributed by atoms with E-state index in [0.717, 1.165) is 5.52 Å². The van der Waals surface area contributed by atoms with E-state index in [1.165, 1.54) is 25.0 Å². The maximum Gasteiger partial charge on any atom is 0.0963 e. The predicted molar refractivity (Wildman–Crippen MR) is 91.1 cm³/mol. The molecule has 20 heavy (non-hydrogen) atoms.